The normalized spacial score (nSPS) is 16.3. The van der Waals surface area contributed by atoms with Crippen molar-refractivity contribution in [1.82, 2.24) is 0 Å². The van der Waals surface area contributed by atoms with Crippen LogP contribution in [-0.4, -0.2) is 7.11 Å². The molecule has 0 atom stereocenters. The maximum atomic E-state index is 6.27. The molecule has 1 saturated carbocycles. The fourth-order valence-electron chi connectivity index (χ4n) is 2.28. The smallest absolute Gasteiger partial charge is 0.126 e. The quantitative estimate of drug-likeness (QED) is 0.891. The molecule has 0 aromatic heterocycles. The van der Waals surface area contributed by atoms with Gasteiger partial charge in [-0.1, -0.05) is 36.4 Å². The van der Waals surface area contributed by atoms with E-state index >= 15 is 0 Å². The third kappa shape index (κ3) is 1.89. The molecule has 0 unspecified atom stereocenters. The molecule has 2 aromatic carbocycles. The van der Waals surface area contributed by atoms with Crippen LogP contribution in [0.15, 0.2) is 48.5 Å². The average Bonchev–Trinajstić information content (AvgIpc) is 3.18. The topological polar surface area (TPSA) is 35.2 Å². The van der Waals surface area contributed by atoms with E-state index in [1.807, 2.05) is 24.3 Å². The minimum absolute atomic E-state index is 0.101. The molecule has 1 aliphatic carbocycles. The van der Waals surface area contributed by atoms with Crippen molar-refractivity contribution in [1.29, 1.82) is 0 Å². The highest BCUT2D eigenvalue weighted by Crippen LogP contribution is 2.45. The molecule has 0 saturated heterocycles. The van der Waals surface area contributed by atoms with E-state index in [9.17, 15) is 0 Å². The van der Waals surface area contributed by atoms with Crippen molar-refractivity contribution in [2.75, 3.05) is 7.11 Å². The van der Waals surface area contributed by atoms with Gasteiger partial charge in [0, 0.05) is 11.1 Å². The fourth-order valence-corrected chi connectivity index (χ4v) is 2.28. The van der Waals surface area contributed by atoms with Gasteiger partial charge in [-0.05, 0) is 36.1 Å². The van der Waals surface area contributed by atoms with Crippen molar-refractivity contribution in [3.63, 3.8) is 0 Å². The Labute approximate surface area is 107 Å². The Morgan fingerprint density at radius 1 is 1.06 bits per heavy atom. The zero-order chi connectivity index (χ0) is 12.6. The van der Waals surface area contributed by atoms with Crippen LogP contribution < -0.4 is 10.5 Å². The van der Waals surface area contributed by atoms with Gasteiger partial charge in [0.15, 0.2) is 0 Å². The van der Waals surface area contributed by atoms with Crippen LogP contribution in [-0.2, 0) is 5.54 Å². The summed E-state index contributed by atoms with van der Waals surface area (Å²) in [4.78, 5) is 0. The number of rotatable bonds is 3. The minimum Gasteiger partial charge on any atom is -0.496 e. The maximum Gasteiger partial charge on any atom is 0.126 e. The summed E-state index contributed by atoms with van der Waals surface area (Å²) in [5.74, 6) is 0.897. The predicted octanol–water partition coefficient (Wildman–Crippen LogP) is 3.31. The van der Waals surface area contributed by atoms with Gasteiger partial charge in [0.2, 0.25) is 0 Å². The third-order valence-electron chi connectivity index (χ3n) is 3.65. The maximum absolute atomic E-state index is 6.27. The van der Waals surface area contributed by atoms with Gasteiger partial charge in [-0.2, -0.15) is 0 Å². The highest BCUT2D eigenvalue weighted by Gasteiger charge is 2.40. The van der Waals surface area contributed by atoms with E-state index in [1.165, 1.54) is 11.1 Å². The molecule has 1 fully saturated rings. The second kappa shape index (κ2) is 4.14. The lowest BCUT2D eigenvalue weighted by Crippen LogP contribution is -2.18. The zero-order valence-corrected chi connectivity index (χ0v) is 10.5. The van der Waals surface area contributed by atoms with E-state index in [-0.39, 0.29) is 5.54 Å². The van der Waals surface area contributed by atoms with E-state index in [1.54, 1.807) is 7.11 Å². The molecule has 1 aliphatic rings. The van der Waals surface area contributed by atoms with Crippen molar-refractivity contribution in [2.24, 2.45) is 5.73 Å². The summed E-state index contributed by atoms with van der Waals surface area (Å²) in [6.45, 7) is 0. The summed E-state index contributed by atoms with van der Waals surface area (Å²) >= 11 is 0. The van der Waals surface area contributed by atoms with E-state index in [2.05, 4.69) is 24.3 Å². The Hall–Kier alpha value is -1.80. The predicted molar refractivity (Wildman–Crippen MR) is 73.5 cm³/mol. The summed E-state index contributed by atoms with van der Waals surface area (Å²) in [5.41, 5.74) is 9.66. The molecule has 2 aromatic rings. The van der Waals surface area contributed by atoms with Crippen LogP contribution in [0.25, 0.3) is 11.1 Å². The number of methoxy groups -OCH3 is 1. The van der Waals surface area contributed by atoms with Gasteiger partial charge < -0.3 is 10.5 Å². The van der Waals surface area contributed by atoms with Crippen LogP contribution in [0.5, 0.6) is 5.75 Å². The van der Waals surface area contributed by atoms with Gasteiger partial charge in [0.25, 0.3) is 0 Å². The number of hydrogen-bond acceptors (Lipinski definition) is 2. The third-order valence-corrected chi connectivity index (χ3v) is 3.65. The van der Waals surface area contributed by atoms with Crippen LogP contribution >= 0.6 is 0 Å². The monoisotopic (exact) mass is 239 g/mol. The fraction of sp³-hybridized carbons (Fsp3) is 0.250. The van der Waals surface area contributed by atoms with Crippen molar-refractivity contribution in [3.05, 3.63) is 54.1 Å². The second-order valence-electron chi connectivity index (χ2n) is 4.94. The Kier molecular flexibility index (Phi) is 2.60. The Morgan fingerprint density at radius 3 is 2.39 bits per heavy atom. The van der Waals surface area contributed by atoms with Crippen LogP contribution in [0.1, 0.15) is 18.4 Å². The molecule has 0 spiro atoms. The van der Waals surface area contributed by atoms with Gasteiger partial charge in [0.1, 0.15) is 5.75 Å². The lowest BCUT2D eigenvalue weighted by Gasteiger charge is -2.14. The molecule has 0 aliphatic heterocycles. The Morgan fingerprint density at radius 2 is 1.78 bits per heavy atom. The molecule has 0 heterocycles. The molecule has 92 valence electrons. The number of benzene rings is 2. The minimum atomic E-state index is -0.101. The molecule has 3 rings (SSSR count). The molecule has 2 nitrogen and oxygen atoms in total. The Bertz CT molecular complexity index is 559. The van der Waals surface area contributed by atoms with Gasteiger partial charge in [0.05, 0.1) is 7.11 Å². The van der Waals surface area contributed by atoms with Crippen molar-refractivity contribution in [2.45, 2.75) is 18.4 Å². The molecule has 18 heavy (non-hydrogen) atoms. The Balaban J connectivity index is 2.11. The summed E-state index contributed by atoms with van der Waals surface area (Å²) in [6.07, 6.45) is 2.15. The first kappa shape index (κ1) is 11.3. The van der Waals surface area contributed by atoms with E-state index in [0.29, 0.717) is 0 Å². The summed E-state index contributed by atoms with van der Waals surface area (Å²) < 4.78 is 5.45. The lowest BCUT2D eigenvalue weighted by atomic mass is 9.97. The van der Waals surface area contributed by atoms with Crippen LogP contribution in [0.2, 0.25) is 0 Å². The first-order valence-electron chi connectivity index (χ1n) is 6.26. The van der Waals surface area contributed by atoms with Crippen LogP contribution in [0.4, 0.5) is 0 Å². The zero-order valence-electron chi connectivity index (χ0n) is 10.5. The van der Waals surface area contributed by atoms with E-state index in [0.717, 1.165) is 24.2 Å². The largest absolute Gasteiger partial charge is 0.496 e. The summed E-state index contributed by atoms with van der Waals surface area (Å²) in [6, 6.07) is 16.6. The van der Waals surface area contributed by atoms with Crippen molar-refractivity contribution < 1.29 is 4.74 Å². The van der Waals surface area contributed by atoms with E-state index in [4.69, 9.17) is 10.5 Å². The molecule has 0 radical (unpaired) electrons. The van der Waals surface area contributed by atoms with Crippen molar-refractivity contribution >= 4 is 0 Å². The number of nitrogens with two attached hydrogens (primary N) is 1. The summed E-state index contributed by atoms with van der Waals surface area (Å²) in [7, 11) is 1.71. The SMILES string of the molecule is COc1ccc(C2(N)CC2)cc1-c1ccccc1. The van der Waals surface area contributed by atoms with Gasteiger partial charge in [-0.3, -0.25) is 0 Å². The standard InChI is InChI=1S/C16H17NO/c1-18-15-8-7-13(16(17)9-10-16)11-14(15)12-5-3-2-4-6-12/h2-8,11H,9-10,17H2,1H3. The van der Waals surface area contributed by atoms with Gasteiger partial charge in [-0.15, -0.1) is 0 Å². The van der Waals surface area contributed by atoms with Crippen molar-refractivity contribution in [3.8, 4) is 16.9 Å². The second-order valence-corrected chi connectivity index (χ2v) is 4.94. The number of ether oxygens (including phenoxy) is 1. The molecule has 2 N–H and O–H groups in total. The van der Waals surface area contributed by atoms with Gasteiger partial charge >= 0.3 is 0 Å². The van der Waals surface area contributed by atoms with Crippen LogP contribution in [0, 0.1) is 0 Å². The first-order chi connectivity index (χ1) is 8.73. The molecular weight excluding hydrogens is 222 g/mol. The highest BCUT2D eigenvalue weighted by atomic mass is 16.5. The molecule has 0 amide bonds. The molecule has 0 bridgehead atoms. The van der Waals surface area contributed by atoms with Gasteiger partial charge in [-0.25, -0.2) is 0 Å². The lowest BCUT2D eigenvalue weighted by molar-refractivity contribution is 0.416. The highest BCUT2D eigenvalue weighted by molar-refractivity contribution is 5.71. The first-order valence-corrected chi connectivity index (χ1v) is 6.26. The van der Waals surface area contributed by atoms with E-state index < -0.39 is 0 Å². The molecular formula is C16H17NO. The molecule has 2 heteroatoms. The summed E-state index contributed by atoms with van der Waals surface area (Å²) in [5, 5.41) is 0. The number of hydrogen-bond donors (Lipinski definition) is 1. The van der Waals surface area contributed by atoms with Crippen LogP contribution in [0.3, 0.4) is 0 Å². The average molecular weight is 239 g/mol.